The van der Waals surface area contributed by atoms with E-state index in [1.807, 2.05) is 84.9 Å². The third kappa shape index (κ3) is 12.7. The summed E-state index contributed by atoms with van der Waals surface area (Å²) >= 11 is 0. The van der Waals surface area contributed by atoms with Gasteiger partial charge in [0.15, 0.2) is 0 Å². The van der Waals surface area contributed by atoms with Crippen LogP contribution in [0.3, 0.4) is 0 Å². The zero-order valence-electron chi connectivity index (χ0n) is 26.9. The van der Waals surface area contributed by atoms with Crippen LogP contribution in [0.15, 0.2) is 84.9 Å². The Bertz CT molecular complexity index is 1320. The first-order chi connectivity index (χ1) is 21.8. The Kier molecular flexibility index (Phi) is 15.6. The van der Waals surface area contributed by atoms with Gasteiger partial charge in [-0.2, -0.15) is 0 Å². The molecule has 3 aromatic carbocycles. The minimum atomic E-state index is -1.33. The molecule has 45 heavy (non-hydrogen) atoms. The van der Waals surface area contributed by atoms with E-state index in [0.29, 0.717) is 25.1 Å². The minimum Gasteiger partial charge on any atom is -0.497 e. The van der Waals surface area contributed by atoms with Crippen molar-refractivity contribution in [3.63, 3.8) is 0 Å². The lowest BCUT2D eigenvalue weighted by atomic mass is 10.0. The Labute approximate surface area is 271 Å². The molecule has 3 rings (SSSR count). The smallest absolute Gasteiger partial charge is 0.408 e. The van der Waals surface area contributed by atoms with Crippen molar-refractivity contribution < 1.29 is 23.3 Å². The number of amides is 2. The third-order valence-electron chi connectivity index (χ3n) is 7.66. The molecule has 2 amide bonds. The maximum Gasteiger partial charge on any atom is 0.408 e. The number of hydrogen-bond donors (Lipinski definition) is 2. The van der Waals surface area contributed by atoms with Crippen molar-refractivity contribution in [2.45, 2.75) is 82.9 Å². The molecular formula is C36H49N3O5S. The number of carbonyl (C=O) groups is 2. The summed E-state index contributed by atoms with van der Waals surface area (Å²) in [5.74, 6) is 0.374. The Morgan fingerprint density at radius 1 is 0.867 bits per heavy atom. The SMILES string of the molecule is CCCC(CCC)S(=O)CC(NC(=O)OCc1ccccc1)C(=O)N(CC[C@@H](N)Cc1ccccc1)Cc1cccc(OC)c1. The van der Waals surface area contributed by atoms with E-state index < -0.39 is 22.9 Å². The lowest BCUT2D eigenvalue weighted by Crippen LogP contribution is -2.52. The molecule has 0 fully saturated rings. The summed E-state index contributed by atoms with van der Waals surface area (Å²) in [4.78, 5) is 29.0. The van der Waals surface area contributed by atoms with Gasteiger partial charge in [-0.05, 0) is 54.5 Å². The number of nitrogens with two attached hydrogens (primary N) is 1. The maximum absolute atomic E-state index is 14.3. The van der Waals surface area contributed by atoms with Gasteiger partial charge in [0.1, 0.15) is 18.4 Å². The van der Waals surface area contributed by atoms with Crippen LogP contribution in [0.4, 0.5) is 4.79 Å². The van der Waals surface area contributed by atoms with Crippen molar-refractivity contribution in [1.29, 1.82) is 0 Å². The van der Waals surface area contributed by atoms with Crippen molar-refractivity contribution in [3.8, 4) is 5.75 Å². The van der Waals surface area contributed by atoms with E-state index in [-0.39, 0.29) is 36.1 Å². The molecule has 0 saturated heterocycles. The molecule has 3 atom stereocenters. The number of ether oxygens (including phenoxy) is 2. The first kappa shape index (κ1) is 35.8. The van der Waals surface area contributed by atoms with E-state index in [4.69, 9.17) is 15.2 Å². The summed E-state index contributed by atoms with van der Waals surface area (Å²) < 4.78 is 24.5. The second-order valence-electron chi connectivity index (χ2n) is 11.4. The van der Waals surface area contributed by atoms with Gasteiger partial charge in [0.25, 0.3) is 0 Å². The van der Waals surface area contributed by atoms with Crippen LogP contribution in [0.5, 0.6) is 5.75 Å². The molecule has 0 spiro atoms. The van der Waals surface area contributed by atoms with Crippen LogP contribution in [-0.4, -0.2) is 57.9 Å². The number of alkyl carbamates (subject to hydrolysis) is 1. The predicted molar refractivity (Wildman–Crippen MR) is 181 cm³/mol. The highest BCUT2D eigenvalue weighted by molar-refractivity contribution is 7.85. The van der Waals surface area contributed by atoms with E-state index in [0.717, 1.165) is 42.4 Å². The number of methoxy groups -OCH3 is 1. The van der Waals surface area contributed by atoms with Crippen molar-refractivity contribution in [2.24, 2.45) is 5.73 Å². The van der Waals surface area contributed by atoms with E-state index in [1.165, 1.54) is 0 Å². The van der Waals surface area contributed by atoms with Gasteiger partial charge in [-0.3, -0.25) is 9.00 Å². The van der Waals surface area contributed by atoms with E-state index in [2.05, 4.69) is 19.2 Å². The van der Waals surface area contributed by atoms with Crippen LogP contribution in [0.2, 0.25) is 0 Å². The molecular weight excluding hydrogens is 586 g/mol. The number of benzene rings is 3. The molecule has 0 aliphatic carbocycles. The second-order valence-corrected chi connectivity index (χ2v) is 13.1. The molecule has 0 aliphatic heterocycles. The number of nitrogens with one attached hydrogen (secondary N) is 1. The summed E-state index contributed by atoms with van der Waals surface area (Å²) in [6.45, 7) is 4.84. The highest BCUT2D eigenvalue weighted by Crippen LogP contribution is 2.18. The topological polar surface area (TPSA) is 111 Å². The van der Waals surface area contributed by atoms with Gasteiger partial charge in [-0.1, -0.05) is 99.5 Å². The predicted octanol–water partition coefficient (Wildman–Crippen LogP) is 6.00. The molecule has 0 radical (unpaired) electrons. The fourth-order valence-electron chi connectivity index (χ4n) is 5.25. The van der Waals surface area contributed by atoms with E-state index >= 15 is 0 Å². The summed E-state index contributed by atoms with van der Waals surface area (Å²) in [5.41, 5.74) is 9.37. The highest BCUT2D eigenvalue weighted by Gasteiger charge is 2.31. The van der Waals surface area contributed by atoms with Crippen molar-refractivity contribution in [2.75, 3.05) is 19.4 Å². The molecule has 8 nitrogen and oxygen atoms in total. The molecule has 3 N–H and O–H groups in total. The van der Waals surface area contributed by atoms with Crippen molar-refractivity contribution in [3.05, 3.63) is 102 Å². The van der Waals surface area contributed by atoms with Gasteiger partial charge >= 0.3 is 6.09 Å². The number of nitrogens with zero attached hydrogens (tertiary/aromatic N) is 1. The number of rotatable bonds is 19. The lowest BCUT2D eigenvalue weighted by molar-refractivity contribution is -0.133. The maximum atomic E-state index is 14.3. The first-order valence-electron chi connectivity index (χ1n) is 15.9. The van der Waals surface area contributed by atoms with Gasteiger partial charge < -0.3 is 25.4 Å². The molecule has 0 aliphatic rings. The Hall–Kier alpha value is -3.69. The zero-order valence-corrected chi connectivity index (χ0v) is 27.7. The average molecular weight is 636 g/mol. The third-order valence-corrected chi connectivity index (χ3v) is 9.53. The number of carbonyl (C=O) groups excluding carboxylic acids is 2. The molecule has 3 aromatic rings. The van der Waals surface area contributed by atoms with E-state index in [1.54, 1.807) is 12.0 Å². The van der Waals surface area contributed by atoms with Crippen LogP contribution in [0.1, 0.15) is 62.6 Å². The summed E-state index contributed by atoms with van der Waals surface area (Å²) in [5, 5.41) is 2.72. The fraction of sp³-hybridized carbons (Fsp3) is 0.444. The average Bonchev–Trinajstić information content (AvgIpc) is 3.06. The summed E-state index contributed by atoms with van der Waals surface area (Å²) in [6, 6.07) is 25.7. The lowest BCUT2D eigenvalue weighted by Gasteiger charge is -2.29. The van der Waals surface area contributed by atoms with Crippen LogP contribution < -0.4 is 15.8 Å². The molecule has 0 heterocycles. The normalized spacial score (nSPS) is 13.1. The van der Waals surface area contributed by atoms with Gasteiger partial charge in [0, 0.05) is 35.2 Å². The zero-order chi connectivity index (χ0) is 32.4. The Balaban J connectivity index is 1.83. The largest absolute Gasteiger partial charge is 0.497 e. The monoisotopic (exact) mass is 635 g/mol. The molecule has 9 heteroatoms. The molecule has 0 saturated carbocycles. The fourth-order valence-corrected chi connectivity index (χ4v) is 7.08. The standard InChI is InChI=1S/C36H49N3O5S/c1-4-13-33(14-5-2)45(42)27-34(38-36(41)44-26-29-17-10-7-11-18-29)35(40)39(25-30-19-12-20-32(24-30)43-3)22-21-31(37)23-28-15-8-6-9-16-28/h6-12,15-20,24,31,33-34H,4-5,13-14,21-23,25-27,37H2,1-3H3,(H,38,41)/t31-,34?,45?/m1/s1. The first-order valence-corrected chi connectivity index (χ1v) is 17.3. The number of hydrogen-bond acceptors (Lipinski definition) is 6. The van der Waals surface area contributed by atoms with Crippen LogP contribution in [0.25, 0.3) is 0 Å². The van der Waals surface area contributed by atoms with Gasteiger partial charge in [0.2, 0.25) is 5.91 Å². The Morgan fingerprint density at radius 2 is 1.49 bits per heavy atom. The molecule has 244 valence electrons. The van der Waals surface area contributed by atoms with Crippen LogP contribution in [0, 0.1) is 0 Å². The quantitative estimate of drug-likeness (QED) is 0.167. The van der Waals surface area contributed by atoms with Crippen LogP contribution in [-0.2, 0) is 39.9 Å². The van der Waals surface area contributed by atoms with Crippen LogP contribution >= 0.6 is 0 Å². The highest BCUT2D eigenvalue weighted by atomic mass is 32.2. The summed E-state index contributed by atoms with van der Waals surface area (Å²) in [7, 11) is 0.267. The van der Waals surface area contributed by atoms with E-state index in [9.17, 15) is 13.8 Å². The Morgan fingerprint density at radius 3 is 2.11 bits per heavy atom. The minimum absolute atomic E-state index is 0.00855. The van der Waals surface area contributed by atoms with Gasteiger partial charge in [0.05, 0.1) is 12.9 Å². The molecule has 0 aromatic heterocycles. The molecule has 2 unspecified atom stereocenters. The van der Waals surface area contributed by atoms with Gasteiger partial charge in [-0.15, -0.1) is 0 Å². The molecule has 0 bridgehead atoms. The summed E-state index contributed by atoms with van der Waals surface area (Å²) in [6.07, 6.45) is 3.87. The van der Waals surface area contributed by atoms with Gasteiger partial charge in [-0.25, -0.2) is 4.79 Å². The van der Waals surface area contributed by atoms with Crippen molar-refractivity contribution in [1.82, 2.24) is 10.2 Å². The second kappa shape index (κ2) is 19.6. The van der Waals surface area contributed by atoms with Crippen molar-refractivity contribution >= 4 is 22.8 Å².